The van der Waals surface area contributed by atoms with Crippen molar-refractivity contribution >= 4 is 29.2 Å². The van der Waals surface area contributed by atoms with E-state index >= 15 is 0 Å². The first-order chi connectivity index (χ1) is 11.5. The lowest BCUT2D eigenvalue weighted by atomic mass is 9.92. The van der Waals surface area contributed by atoms with Gasteiger partial charge in [0.1, 0.15) is 0 Å². The van der Waals surface area contributed by atoms with Crippen LogP contribution in [-0.2, 0) is 9.47 Å². The zero-order valence-corrected chi connectivity index (χ0v) is 15.2. The van der Waals surface area contributed by atoms with E-state index in [9.17, 15) is 4.79 Å². The second-order valence-electron chi connectivity index (χ2n) is 6.40. The van der Waals surface area contributed by atoms with E-state index in [1.165, 1.54) is 0 Å². The van der Waals surface area contributed by atoms with Crippen LogP contribution in [0.1, 0.15) is 31.4 Å². The molecule has 1 atom stereocenters. The molecule has 132 valence electrons. The monoisotopic (exact) mass is 372 g/mol. The van der Waals surface area contributed by atoms with Crippen LogP contribution >= 0.6 is 23.2 Å². The third-order valence-electron chi connectivity index (χ3n) is 4.70. The van der Waals surface area contributed by atoms with Crippen molar-refractivity contribution in [3.8, 4) is 0 Å². The maximum atomic E-state index is 12.7. The lowest BCUT2D eigenvalue weighted by Gasteiger charge is -2.44. The van der Waals surface area contributed by atoms with E-state index in [-0.39, 0.29) is 17.7 Å². The van der Waals surface area contributed by atoms with Gasteiger partial charge >= 0.3 is 6.03 Å². The molecule has 0 unspecified atom stereocenters. The van der Waals surface area contributed by atoms with Crippen LogP contribution in [0.2, 0.25) is 10.0 Å². The van der Waals surface area contributed by atoms with Crippen LogP contribution in [0.15, 0.2) is 18.2 Å². The number of nitrogens with zero attached hydrogens (tertiary/aromatic N) is 1. The van der Waals surface area contributed by atoms with E-state index in [0.29, 0.717) is 43.0 Å². The molecule has 0 bridgehead atoms. The Morgan fingerprint density at radius 1 is 1.29 bits per heavy atom. The van der Waals surface area contributed by atoms with Crippen LogP contribution in [0, 0.1) is 0 Å². The van der Waals surface area contributed by atoms with Gasteiger partial charge in [-0.3, -0.25) is 0 Å². The summed E-state index contributed by atoms with van der Waals surface area (Å²) in [5.74, 6) is 0. The molecule has 2 heterocycles. The SMILES string of the molecule is C[C@@H](NC(=O)N1CCOC2(CCOCC2)C1)c1cc(Cl)ccc1Cl. The van der Waals surface area contributed by atoms with Gasteiger partial charge in [0.05, 0.1) is 24.8 Å². The number of hydrogen-bond donors (Lipinski definition) is 1. The van der Waals surface area contributed by atoms with E-state index in [1.54, 1.807) is 18.2 Å². The number of rotatable bonds is 2. The molecular weight excluding hydrogens is 351 g/mol. The number of morpholine rings is 1. The number of amides is 2. The summed E-state index contributed by atoms with van der Waals surface area (Å²) in [6, 6.07) is 4.94. The van der Waals surface area contributed by atoms with E-state index in [2.05, 4.69) is 5.32 Å². The zero-order valence-electron chi connectivity index (χ0n) is 13.7. The average molecular weight is 373 g/mol. The molecule has 0 saturated carbocycles. The number of halogens is 2. The molecule has 2 fully saturated rings. The molecule has 24 heavy (non-hydrogen) atoms. The number of carbonyl (C=O) groups is 1. The van der Waals surface area contributed by atoms with Crippen LogP contribution in [-0.4, -0.2) is 49.4 Å². The third kappa shape index (κ3) is 3.97. The van der Waals surface area contributed by atoms with E-state index in [0.717, 1.165) is 18.4 Å². The van der Waals surface area contributed by atoms with Gasteiger partial charge in [0, 0.05) is 42.6 Å². The van der Waals surface area contributed by atoms with Gasteiger partial charge in [-0.15, -0.1) is 0 Å². The molecule has 2 aliphatic heterocycles. The van der Waals surface area contributed by atoms with Crippen molar-refractivity contribution in [2.75, 3.05) is 32.9 Å². The van der Waals surface area contributed by atoms with E-state index in [4.69, 9.17) is 32.7 Å². The maximum Gasteiger partial charge on any atom is 0.318 e. The Kier molecular flexibility index (Phi) is 5.55. The zero-order chi connectivity index (χ0) is 17.2. The highest BCUT2D eigenvalue weighted by atomic mass is 35.5. The predicted molar refractivity (Wildman–Crippen MR) is 93.7 cm³/mol. The summed E-state index contributed by atoms with van der Waals surface area (Å²) in [4.78, 5) is 14.5. The summed E-state index contributed by atoms with van der Waals surface area (Å²) in [7, 11) is 0. The van der Waals surface area contributed by atoms with Gasteiger partial charge in [-0.05, 0) is 30.7 Å². The quantitative estimate of drug-likeness (QED) is 0.861. The fraction of sp³-hybridized carbons (Fsp3) is 0.588. The maximum absolute atomic E-state index is 12.7. The third-order valence-corrected chi connectivity index (χ3v) is 5.28. The summed E-state index contributed by atoms with van der Waals surface area (Å²) in [5, 5.41) is 4.21. The van der Waals surface area contributed by atoms with Crippen molar-refractivity contribution in [3.05, 3.63) is 33.8 Å². The van der Waals surface area contributed by atoms with Gasteiger partial charge in [0.15, 0.2) is 0 Å². The number of carbonyl (C=O) groups excluding carboxylic acids is 1. The Morgan fingerprint density at radius 2 is 2.04 bits per heavy atom. The van der Waals surface area contributed by atoms with Gasteiger partial charge in [-0.25, -0.2) is 4.79 Å². The molecule has 0 aromatic heterocycles. The lowest BCUT2D eigenvalue weighted by molar-refractivity contribution is -0.145. The highest BCUT2D eigenvalue weighted by Crippen LogP contribution is 2.30. The predicted octanol–water partition coefficient (Wildman–Crippen LogP) is 3.65. The molecule has 2 saturated heterocycles. The Hall–Kier alpha value is -1.01. The molecule has 2 amide bonds. The Balaban J connectivity index is 1.64. The normalized spacial score (nSPS) is 21.5. The molecule has 1 aromatic carbocycles. The molecule has 1 N–H and O–H groups in total. The first-order valence-electron chi connectivity index (χ1n) is 8.21. The number of nitrogens with one attached hydrogen (secondary N) is 1. The lowest BCUT2D eigenvalue weighted by Crippen LogP contribution is -2.57. The number of hydrogen-bond acceptors (Lipinski definition) is 3. The second-order valence-corrected chi connectivity index (χ2v) is 7.25. The Bertz CT molecular complexity index is 600. The summed E-state index contributed by atoms with van der Waals surface area (Å²) in [5.41, 5.74) is 0.552. The van der Waals surface area contributed by atoms with E-state index < -0.39 is 0 Å². The summed E-state index contributed by atoms with van der Waals surface area (Å²) in [6.45, 7) is 5.01. The minimum absolute atomic E-state index is 0.104. The minimum Gasteiger partial charge on any atom is -0.381 e. The molecule has 1 spiro atoms. The van der Waals surface area contributed by atoms with Crippen LogP contribution in [0.25, 0.3) is 0 Å². The molecule has 7 heteroatoms. The van der Waals surface area contributed by atoms with Crippen molar-refractivity contribution in [2.24, 2.45) is 0 Å². The highest BCUT2D eigenvalue weighted by Gasteiger charge is 2.39. The first-order valence-corrected chi connectivity index (χ1v) is 8.97. The second kappa shape index (κ2) is 7.48. The molecule has 2 aliphatic rings. The molecule has 3 rings (SSSR count). The average Bonchev–Trinajstić information content (AvgIpc) is 2.57. The van der Waals surface area contributed by atoms with Crippen molar-refractivity contribution in [2.45, 2.75) is 31.4 Å². The molecular formula is C17H22Cl2N2O3. The molecule has 0 radical (unpaired) electrons. The summed E-state index contributed by atoms with van der Waals surface area (Å²) in [6.07, 6.45) is 1.65. The van der Waals surface area contributed by atoms with Crippen molar-refractivity contribution < 1.29 is 14.3 Å². The summed E-state index contributed by atoms with van der Waals surface area (Å²) < 4.78 is 11.4. The molecule has 5 nitrogen and oxygen atoms in total. The fourth-order valence-electron chi connectivity index (χ4n) is 3.26. The van der Waals surface area contributed by atoms with Crippen molar-refractivity contribution in [3.63, 3.8) is 0 Å². The minimum atomic E-state index is -0.259. The van der Waals surface area contributed by atoms with Gasteiger partial charge in [0.25, 0.3) is 0 Å². The smallest absolute Gasteiger partial charge is 0.318 e. The first kappa shape index (κ1) is 17.8. The van der Waals surface area contributed by atoms with Crippen LogP contribution in [0.5, 0.6) is 0 Å². The number of benzene rings is 1. The highest BCUT2D eigenvalue weighted by molar-refractivity contribution is 6.33. The molecule has 0 aliphatic carbocycles. The van der Waals surface area contributed by atoms with Gasteiger partial charge < -0.3 is 19.7 Å². The number of ether oxygens (including phenoxy) is 2. The van der Waals surface area contributed by atoms with Gasteiger partial charge in [-0.1, -0.05) is 23.2 Å². The molecule has 1 aromatic rings. The summed E-state index contributed by atoms with van der Waals surface area (Å²) >= 11 is 12.3. The van der Waals surface area contributed by atoms with Gasteiger partial charge in [0.2, 0.25) is 0 Å². The van der Waals surface area contributed by atoms with Crippen LogP contribution < -0.4 is 5.32 Å². The number of urea groups is 1. The van der Waals surface area contributed by atoms with Crippen LogP contribution in [0.4, 0.5) is 4.79 Å². The Morgan fingerprint density at radius 3 is 2.79 bits per heavy atom. The fourth-order valence-corrected chi connectivity index (χ4v) is 3.73. The van der Waals surface area contributed by atoms with Crippen molar-refractivity contribution in [1.82, 2.24) is 10.2 Å². The Labute approximate surface area is 152 Å². The standard InChI is InChI=1S/C17H22Cl2N2O3/c1-12(14-10-13(18)2-3-15(14)19)20-16(22)21-6-9-24-17(11-21)4-7-23-8-5-17/h2-3,10,12H,4-9,11H2,1H3,(H,20,22)/t12-/m1/s1. The largest absolute Gasteiger partial charge is 0.381 e. The van der Waals surface area contributed by atoms with Crippen LogP contribution in [0.3, 0.4) is 0 Å². The van der Waals surface area contributed by atoms with Gasteiger partial charge in [-0.2, -0.15) is 0 Å². The van der Waals surface area contributed by atoms with E-state index in [1.807, 2.05) is 11.8 Å². The topological polar surface area (TPSA) is 50.8 Å². The van der Waals surface area contributed by atoms with Crippen molar-refractivity contribution in [1.29, 1.82) is 0 Å².